The molecule has 1 saturated carbocycles. The van der Waals surface area contributed by atoms with E-state index in [-0.39, 0.29) is 23.5 Å². The van der Waals surface area contributed by atoms with Crippen LogP contribution in [0.2, 0.25) is 0 Å². The minimum absolute atomic E-state index is 0.0839. The topological polar surface area (TPSA) is 60.9 Å². The molecule has 0 spiro atoms. The summed E-state index contributed by atoms with van der Waals surface area (Å²) in [6, 6.07) is 6.38. The predicted molar refractivity (Wildman–Crippen MR) is 73.3 cm³/mol. The number of phenols is 1. The van der Waals surface area contributed by atoms with Crippen molar-refractivity contribution < 1.29 is 14.7 Å². The van der Waals surface area contributed by atoms with Crippen LogP contribution in [0.25, 0.3) is 0 Å². The van der Waals surface area contributed by atoms with E-state index in [1.54, 1.807) is 23.1 Å². The number of carbonyl (C=O) groups excluding carboxylic acids is 2. The number of benzene rings is 1. The standard InChI is InChI=1S/C15H18N2O3/c18-13-3-1-2-12(10-13)15(20)17-8-6-16(7-9-17)14(19)11-4-5-11/h1-3,10-11,18H,4-9H2. The average Bonchev–Trinajstić information content (AvgIpc) is 3.30. The maximum Gasteiger partial charge on any atom is 0.254 e. The molecule has 1 aliphatic carbocycles. The molecule has 3 rings (SSSR count). The molecule has 2 amide bonds. The van der Waals surface area contributed by atoms with Gasteiger partial charge in [0.2, 0.25) is 5.91 Å². The van der Waals surface area contributed by atoms with Gasteiger partial charge in [-0.1, -0.05) is 6.07 Å². The van der Waals surface area contributed by atoms with Gasteiger partial charge in [0.25, 0.3) is 5.91 Å². The minimum atomic E-state index is -0.0839. The van der Waals surface area contributed by atoms with Crippen LogP contribution in [0.3, 0.4) is 0 Å². The van der Waals surface area contributed by atoms with Gasteiger partial charge >= 0.3 is 0 Å². The third kappa shape index (κ3) is 2.61. The van der Waals surface area contributed by atoms with Gasteiger partial charge in [0.1, 0.15) is 5.75 Å². The van der Waals surface area contributed by atoms with Crippen molar-refractivity contribution in [3.05, 3.63) is 29.8 Å². The van der Waals surface area contributed by atoms with E-state index in [1.807, 2.05) is 4.90 Å². The smallest absolute Gasteiger partial charge is 0.254 e. The van der Waals surface area contributed by atoms with Crippen molar-refractivity contribution in [2.24, 2.45) is 5.92 Å². The Labute approximate surface area is 117 Å². The maximum atomic E-state index is 12.3. The highest BCUT2D eigenvalue weighted by Gasteiger charge is 2.35. The SMILES string of the molecule is O=C(c1cccc(O)c1)N1CCN(C(=O)C2CC2)CC1. The van der Waals surface area contributed by atoms with E-state index in [0.717, 1.165) is 12.8 Å². The third-order valence-electron chi connectivity index (χ3n) is 3.90. The van der Waals surface area contributed by atoms with Crippen LogP contribution in [0.4, 0.5) is 0 Å². The van der Waals surface area contributed by atoms with E-state index in [1.165, 1.54) is 6.07 Å². The molecule has 1 aromatic carbocycles. The van der Waals surface area contributed by atoms with Gasteiger partial charge in [0.05, 0.1) is 0 Å². The summed E-state index contributed by atoms with van der Waals surface area (Å²) >= 11 is 0. The summed E-state index contributed by atoms with van der Waals surface area (Å²) in [5.74, 6) is 0.496. The molecule has 5 nitrogen and oxygen atoms in total. The zero-order valence-electron chi connectivity index (χ0n) is 11.3. The van der Waals surface area contributed by atoms with Crippen molar-refractivity contribution in [1.82, 2.24) is 9.80 Å². The summed E-state index contributed by atoms with van der Waals surface area (Å²) in [5.41, 5.74) is 0.493. The molecule has 1 aliphatic heterocycles. The molecule has 2 fully saturated rings. The zero-order chi connectivity index (χ0) is 14.1. The number of phenolic OH excluding ortho intramolecular Hbond substituents is 1. The number of rotatable bonds is 2. The van der Waals surface area contributed by atoms with Crippen LogP contribution in [0.1, 0.15) is 23.2 Å². The largest absolute Gasteiger partial charge is 0.508 e. The number of hydrogen-bond donors (Lipinski definition) is 1. The highest BCUT2D eigenvalue weighted by atomic mass is 16.3. The second-order valence-electron chi connectivity index (χ2n) is 5.44. The summed E-state index contributed by atoms with van der Waals surface area (Å²) in [7, 11) is 0. The molecule has 1 saturated heterocycles. The number of nitrogens with zero attached hydrogens (tertiary/aromatic N) is 2. The highest BCUT2D eigenvalue weighted by Crippen LogP contribution is 2.31. The highest BCUT2D eigenvalue weighted by molar-refractivity contribution is 5.94. The van der Waals surface area contributed by atoms with E-state index in [0.29, 0.717) is 31.7 Å². The van der Waals surface area contributed by atoms with Crippen molar-refractivity contribution in [2.45, 2.75) is 12.8 Å². The fraction of sp³-hybridized carbons (Fsp3) is 0.467. The number of piperazine rings is 1. The maximum absolute atomic E-state index is 12.3. The Morgan fingerprint density at radius 1 is 1.05 bits per heavy atom. The normalized spacial score (nSPS) is 19.0. The Hall–Kier alpha value is -2.04. The molecule has 0 bridgehead atoms. The Balaban J connectivity index is 1.60. The first-order valence-electron chi connectivity index (χ1n) is 7.02. The molecule has 1 N–H and O–H groups in total. The van der Waals surface area contributed by atoms with E-state index in [9.17, 15) is 14.7 Å². The van der Waals surface area contributed by atoms with E-state index < -0.39 is 0 Å². The molecule has 2 aliphatic rings. The first-order chi connectivity index (χ1) is 9.65. The Kier molecular flexibility index (Phi) is 3.34. The molecule has 0 aromatic heterocycles. The van der Waals surface area contributed by atoms with Crippen LogP contribution in [0, 0.1) is 5.92 Å². The molecule has 5 heteroatoms. The summed E-state index contributed by atoms with van der Waals surface area (Å²) in [6.07, 6.45) is 2.03. The molecule has 1 heterocycles. The second-order valence-corrected chi connectivity index (χ2v) is 5.44. The molecular formula is C15H18N2O3. The van der Waals surface area contributed by atoms with Crippen LogP contribution in [0.5, 0.6) is 5.75 Å². The van der Waals surface area contributed by atoms with Gasteiger partial charge in [0.15, 0.2) is 0 Å². The van der Waals surface area contributed by atoms with Gasteiger partial charge in [-0.15, -0.1) is 0 Å². The fourth-order valence-electron chi connectivity index (χ4n) is 2.54. The molecule has 0 unspecified atom stereocenters. The quantitative estimate of drug-likeness (QED) is 0.878. The average molecular weight is 274 g/mol. The Bertz CT molecular complexity index is 532. The predicted octanol–water partition coefficient (Wildman–Crippen LogP) is 1.09. The van der Waals surface area contributed by atoms with Crippen molar-refractivity contribution in [3.8, 4) is 5.75 Å². The zero-order valence-corrected chi connectivity index (χ0v) is 11.3. The van der Waals surface area contributed by atoms with Gasteiger partial charge in [0, 0.05) is 37.7 Å². The fourth-order valence-corrected chi connectivity index (χ4v) is 2.54. The van der Waals surface area contributed by atoms with Crippen molar-refractivity contribution in [3.63, 3.8) is 0 Å². The molecule has 0 atom stereocenters. The first kappa shape index (κ1) is 13.0. The summed E-state index contributed by atoms with van der Waals surface area (Å²) < 4.78 is 0. The number of amides is 2. The van der Waals surface area contributed by atoms with Gasteiger partial charge in [-0.3, -0.25) is 9.59 Å². The Morgan fingerprint density at radius 2 is 1.70 bits per heavy atom. The number of hydrogen-bond acceptors (Lipinski definition) is 3. The number of aromatic hydroxyl groups is 1. The first-order valence-corrected chi connectivity index (χ1v) is 7.02. The lowest BCUT2D eigenvalue weighted by atomic mass is 10.1. The third-order valence-corrected chi connectivity index (χ3v) is 3.90. The van der Waals surface area contributed by atoms with Crippen LogP contribution in [-0.2, 0) is 4.79 Å². The van der Waals surface area contributed by atoms with Crippen molar-refractivity contribution >= 4 is 11.8 Å². The van der Waals surface area contributed by atoms with Crippen LogP contribution in [-0.4, -0.2) is 52.9 Å². The lowest BCUT2D eigenvalue weighted by Gasteiger charge is -2.35. The summed E-state index contributed by atoms with van der Waals surface area (Å²) in [6.45, 7) is 2.35. The van der Waals surface area contributed by atoms with Crippen LogP contribution < -0.4 is 0 Å². The molecule has 106 valence electrons. The van der Waals surface area contributed by atoms with Crippen molar-refractivity contribution in [2.75, 3.05) is 26.2 Å². The van der Waals surface area contributed by atoms with Gasteiger partial charge in [-0.25, -0.2) is 0 Å². The van der Waals surface area contributed by atoms with E-state index in [2.05, 4.69) is 0 Å². The van der Waals surface area contributed by atoms with Gasteiger partial charge < -0.3 is 14.9 Å². The van der Waals surface area contributed by atoms with E-state index in [4.69, 9.17) is 0 Å². The summed E-state index contributed by atoms with van der Waals surface area (Å²) in [4.78, 5) is 27.8. The Morgan fingerprint density at radius 3 is 2.30 bits per heavy atom. The van der Waals surface area contributed by atoms with Gasteiger partial charge in [-0.05, 0) is 31.0 Å². The molecular weight excluding hydrogens is 256 g/mol. The van der Waals surface area contributed by atoms with Crippen LogP contribution >= 0.6 is 0 Å². The lowest BCUT2D eigenvalue weighted by Crippen LogP contribution is -2.51. The van der Waals surface area contributed by atoms with Crippen LogP contribution in [0.15, 0.2) is 24.3 Å². The second kappa shape index (κ2) is 5.15. The molecule has 20 heavy (non-hydrogen) atoms. The number of carbonyl (C=O) groups is 2. The molecule has 0 radical (unpaired) electrons. The minimum Gasteiger partial charge on any atom is -0.508 e. The van der Waals surface area contributed by atoms with E-state index >= 15 is 0 Å². The van der Waals surface area contributed by atoms with Gasteiger partial charge in [-0.2, -0.15) is 0 Å². The molecule has 1 aromatic rings. The van der Waals surface area contributed by atoms with Crippen molar-refractivity contribution in [1.29, 1.82) is 0 Å². The lowest BCUT2D eigenvalue weighted by molar-refractivity contribution is -0.134. The summed E-state index contributed by atoms with van der Waals surface area (Å²) in [5, 5.41) is 9.42. The monoisotopic (exact) mass is 274 g/mol.